The molecule has 0 saturated carbocycles. The highest BCUT2D eigenvalue weighted by Gasteiger charge is 2.06. The number of hydrogen-bond acceptors (Lipinski definition) is 3. The number of rotatable bonds is 5. The van der Waals surface area contributed by atoms with Gasteiger partial charge in [-0.05, 0) is 43.3 Å². The normalized spacial score (nSPS) is 12.4. The van der Waals surface area contributed by atoms with Gasteiger partial charge in [0.2, 0.25) is 0 Å². The maximum atomic E-state index is 6.01. The SMILES string of the molecule is CCNC(C)c1ccc(Sc2ccc(Cl)c(Cl)c2)nc1. The molecule has 1 unspecified atom stereocenters. The van der Waals surface area contributed by atoms with Gasteiger partial charge < -0.3 is 5.32 Å². The zero-order valence-corrected chi connectivity index (χ0v) is 13.7. The molecule has 0 amide bonds. The lowest BCUT2D eigenvalue weighted by Gasteiger charge is -2.12. The smallest absolute Gasteiger partial charge is 0.101 e. The van der Waals surface area contributed by atoms with Crippen molar-refractivity contribution >= 4 is 35.0 Å². The highest BCUT2D eigenvalue weighted by Crippen LogP contribution is 2.31. The van der Waals surface area contributed by atoms with Gasteiger partial charge in [-0.3, -0.25) is 0 Å². The molecule has 1 aromatic carbocycles. The van der Waals surface area contributed by atoms with E-state index in [0.717, 1.165) is 16.5 Å². The van der Waals surface area contributed by atoms with Crippen molar-refractivity contribution in [3.05, 3.63) is 52.1 Å². The number of pyridine rings is 1. The third-order valence-corrected chi connectivity index (χ3v) is 4.56. The molecular weight excluding hydrogens is 311 g/mol. The van der Waals surface area contributed by atoms with Gasteiger partial charge in [0.15, 0.2) is 0 Å². The zero-order valence-electron chi connectivity index (χ0n) is 11.4. The van der Waals surface area contributed by atoms with E-state index in [2.05, 4.69) is 30.2 Å². The first-order valence-electron chi connectivity index (χ1n) is 6.42. The fourth-order valence-electron chi connectivity index (χ4n) is 1.79. The van der Waals surface area contributed by atoms with Crippen LogP contribution in [0.2, 0.25) is 10.0 Å². The average Bonchev–Trinajstić information content (AvgIpc) is 2.44. The van der Waals surface area contributed by atoms with Crippen LogP contribution in [0.15, 0.2) is 46.5 Å². The molecule has 0 fully saturated rings. The van der Waals surface area contributed by atoms with E-state index in [1.54, 1.807) is 17.8 Å². The maximum Gasteiger partial charge on any atom is 0.101 e. The first-order valence-corrected chi connectivity index (χ1v) is 7.99. The molecule has 1 N–H and O–H groups in total. The van der Waals surface area contributed by atoms with E-state index < -0.39 is 0 Å². The van der Waals surface area contributed by atoms with Crippen molar-refractivity contribution in [2.45, 2.75) is 29.8 Å². The molecule has 0 aliphatic carbocycles. The predicted molar refractivity (Wildman–Crippen MR) is 86.9 cm³/mol. The summed E-state index contributed by atoms with van der Waals surface area (Å²) < 4.78 is 0. The van der Waals surface area contributed by atoms with E-state index in [0.29, 0.717) is 16.1 Å². The Kier molecular flexibility index (Phi) is 5.73. The van der Waals surface area contributed by atoms with Crippen molar-refractivity contribution in [1.82, 2.24) is 10.3 Å². The molecule has 1 heterocycles. The molecule has 0 aliphatic rings. The molecule has 0 bridgehead atoms. The quantitative estimate of drug-likeness (QED) is 0.816. The van der Waals surface area contributed by atoms with E-state index in [9.17, 15) is 0 Å². The minimum Gasteiger partial charge on any atom is -0.310 e. The van der Waals surface area contributed by atoms with Crippen molar-refractivity contribution < 1.29 is 0 Å². The van der Waals surface area contributed by atoms with Crippen LogP contribution >= 0.6 is 35.0 Å². The number of benzene rings is 1. The van der Waals surface area contributed by atoms with Gasteiger partial charge in [-0.2, -0.15) is 0 Å². The fraction of sp³-hybridized carbons (Fsp3) is 0.267. The molecule has 0 radical (unpaired) electrons. The molecule has 20 heavy (non-hydrogen) atoms. The second kappa shape index (κ2) is 7.32. The number of nitrogens with one attached hydrogen (secondary N) is 1. The molecule has 1 atom stereocenters. The Bertz CT molecular complexity index is 573. The van der Waals surface area contributed by atoms with Crippen molar-refractivity contribution in [1.29, 1.82) is 0 Å². The molecule has 5 heteroatoms. The van der Waals surface area contributed by atoms with Gasteiger partial charge in [-0.1, -0.05) is 48.0 Å². The van der Waals surface area contributed by atoms with Crippen molar-refractivity contribution in [3.63, 3.8) is 0 Å². The van der Waals surface area contributed by atoms with Gasteiger partial charge in [-0.15, -0.1) is 0 Å². The summed E-state index contributed by atoms with van der Waals surface area (Å²) >= 11 is 13.5. The Morgan fingerprint density at radius 1 is 1.20 bits per heavy atom. The molecular formula is C15H16Cl2N2S. The monoisotopic (exact) mass is 326 g/mol. The van der Waals surface area contributed by atoms with Crippen molar-refractivity contribution in [2.24, 2.45) is 0 Å². The number of hydrogen-bond donors (Lipinski definition) is 1. The first kappa shape index (κ1) is 15.6. The third kappa shape index (κ3) is 4.13. The summed E-state index contributed by atoms with van der Waals surface area (Å²) in [6.07, 6.45) is 1.91. The maximum absolute atomic E-state index is 6.01. The summed E-state index contributed by atoms with van der Waals surface area (Å²) in [7, 11) is 0. The Morgan fingerprint density at radius 2 is 2.00 bits per heavy atom. The van der Waals surface area contributed by atoms with Gasteiger partial charge in [0, 0.05) is 17.1 Å². The molecule has 106 valence electrons. The highest BCUT2D eigenvalue weighted by atomic mass is 35.5. The second-order valence-corrected chi connectivity index (χ2v) is 6.30. The molecule has 2 nitrogen and oxygen atoms in total. The Balaban J connectivity index is 2.08. The van der Waals surface area contributed by atoms with E-state index in [1.165, 1.54) is 5.56 Å². The standard InChI is InChI=1S/C15H16Cl2N2S/c1-3-18-10(2)11-4-7-15(19-9-11)20-12-5-6-13(16)14(17)8-12/h4-10,18H,3H2,1-2H3. The van der Waals surface area contributed by atoms with Gasteiger partial charge in [0.1, 0.15) is 5.03 Å². The van der Waals surface area contributed by atoms with Crippen LogP contribution in [0.25, 0.3) is 0 Å². The molecule has 2 aromatic rings. The molecule has 0 spiro atoms. The average molecular weight is 327 g/mol. The van der Waals surface area contributed by atoms with Crippen molar-refractivity contribution in [2.75, 3.05) is 6.54 Å². The molecule has 1 aromatic heterocycles. The van der Waals surface area contributed by atoms with E-state index >= 15 is 0 Å². The zero-order chi connectivity index (χ0) is 14.5. The van der Waals surface area contributed by atoms with Crippen LogP contribution in [-0.4, -0.2) is 11.5 Å². The lowest BCUT2D eigenvalue weighted by Crippen LogP contribution is -2.17. The van der Waals surface area contributed by atoms with Crippen molar-refractivity contribution in [3.8, 4) is 0 Å². The highest BCUT2D eigenvalue weighted by molar-refractivity contribution is 7.99. The summed E-state index contributed by atoms with van der Waals surface area (Å²) in [6, 6.07) is 10.0. The Hall–Kier alpha value is -0.740. The summed E-state index contributed by atoms with van der Waals surface area (Å²) in [6.45, 7) is 5.17. The first-order chi connectivity index (χ1) is 9.60. The molecule has 0 aliphatic heterocycles. The number of halogens is 2. The molecule has 0 saturated heterocycles. The number of aromatic nitrogens is 1. The topological polar surface area (TPSA) is 24.9 Å². The van der Waals surface area contributed by atoms with E-state index in [1.807, 2.05) is 24.4 Å². The van der Waals surface area contributed by atoms with Crippen LogP contribution in [0, 0.1) is 0 Å². The summed E-state index contributed by atoms with van der Waals surface area (Å²) in [5, 5.41) is 5.44. The van der Waals surface area contributed by atoms with Crippen LogP contribution in [-0.2, 0) is 0 Å². The van der Waals surface area contributed by atoms with E-state index in [4.69, 9.17) is 23.2 Å². The Morgan fingerprint density at radius 3 is 2.60 bits per heavy atom. The van der Waals surface area contributed by atoms with Gasteiger partial charge in [-0.25, -0.2) is 4.98 Å². The van der Waals surface area contributed by atoms with Crippen LogP contribution in [0.3, 0.4) is 0 Å². The van der Waals surface area contributed by atoms with Crippen LogP contribution in [0.1, 0.15) is 25.5 Å². The minimum atomic E-state index is 0.316. The van der Waals surface area contributed by atoms with Gasteiger partial charge in [0.25, 0.3) is 0 Å². The number of nitrogens with zero attached hydrogens (tertiary/aromatic N) is 1. The third-order valence-electron chi connectivity index (χ3n) is 2.88. The van der Waals surface area contributed by atoms with E-state index in [-0.39, 0.29) is 0 Å². The van der Waals surface area contributed by atoms with Crippen LogP contribution < -0.4 is 5.32 Å². The fourth-order valence-corrected chi connectivity index (χ4v) is 2.95. The second-order valence-electron chi connectivity index (χ2n) is 4.39. The minimum absolute atomic E-state index is 0.316. The molecule has 2 rings (SSSR count). The van der Waals surface area contributed by atoms with Crippen LogP contribution in [0.4, 0.5) is 0 Å². The summed E-state index contributed by atoms with van der Waals surface area (Å²) in [5.74, 6) is 0. The largest absolute Gasteiger partial charge is 0.310 e. The lowest BCUT2D eigenvalue weighted by molar-refractivity contribution is 0.595. The van der Waals surface area contributed by atoms with Gasteiger partial charge in [0.05, 0.1) is 10.0 Å². The Labute approximate surface area is 133 Å². The van der Waals surface area contributed by atoms with Gasteiger partial charge >= 0.3 is 0 Å². The predicted octanol–water partition coefficient (Wildman–Crippen LogP) is 5.21. The summed E-state index contributed by atoms with van der Waals surface area (Å²) in [5.41, 5.74) is 1.19. The summed E-state index contributed by atoms with van der Waals surface area (Å²) in [4.78, 5) is 5.50. The lowest BCUT2D eigenvalue weighted by atomic mass is 10.1. The van der Waals surface area contributed by atoms with Crippen LogP contribution in [0.5, 0.6) is 0 Å².